The molecule has 6 rings (SSSR count). The molecule has 142 valence electrons. The summed E-state index contributed by atoms with van der Waals surface area (Å²) in [6, 6.07) is 28.7. The lowest BCUT2D eigenvalue weighted by Crippen LogP contribution is -2.28. The predicted molar refractivity (Wildman–Crippen MR) is 124 cm³/mol. The van der Waals surface area contributed by atoms with Gasteiger partial charge in [0.2, 0.25) is 0 Å². The van der Waals surface area contributed by atoms with Crippen molar-refractivity contribution in [2.24, 2.45) is 0 Å². The highest BCUT2D eigenvalue weighted by Crippen LogP contribution is 2.61. The van der Waals surface area contributed by atoms with E-state index in [4.69, 9.17) is 0 Å². The second-order valence-corrected chi connectivity index (χ2v) is 10.3. The van der Waals surface area contributed by atoms with Crippen LogP contribution in [-0.2, 0) is 6.54 Å². The molecule has 0 amide bonds. The molecular formula is C27H23NS. The maximum Gasteiger partial charge on any atom is 0.0491 e. The van der Waals surface area contributed by atoms with Crippen molar-refractivity contribution in [3.8, 4) is 0 Å². The van der Waals surface area contributed by atoms with Gasteiger partial charge in [-0.15, -0.1) is 11.8 Å². The molecular weight excluding hydrogens is 370 g/mol. The third kappa shape index (κ3) is 2.49. The first-order chi connectivity index (χ1) is 14.1. The van der Waals surface area contributed by atoms with Crippen LogP contribution in [0.4, 0.5) is 0 Å². The summed E-state index contributed by atoms with van der Waals surface area (Å²) in [4.78, 5) is 1.41. The van der Waals surface area contributed by atoms with Gasteiger partial charge < -0.3 is 4.57 Å². The Hall–Kier alpha value is -2.71. The van der Waals surface area contributed by atoms with E-state index in [0.29, 0.717) is 5.92 Å². The van der Waals surface area contributed by atoms with Crippen LogP contribution in [-0.4, -0.2) is 9.31 Å². The van der Waals surface area contributed by atoms with Gasteiger partial charge in [0.25, 0.3) is 0 Å². The Balaban J connectivity index is 1.63. The molecule has 0 saturated carbocycles. The predicted octanol–water partition coefficient (Wildman–Crippen LogP) is 7.21. The number of hydrogen-bond acceptors (Lipinski definition) is 1. The summed E-state index contributed by atoms with van der Waals surface area (Å²) < 4.78 is 2.64. The second-order valence-electron chi connectivity index (χ2n) is 8.62. The Kier molecular flexibility index (Phi) is 3.64. The minimum Gasteiger partial charge on any atom is -0.336 e. The molecule has 1 nitrogen and oxygen atoms in total. The molecule has 3 aromatic carbocycles. The summed E-state index contributed by atoms with van der Waals surface area (Å²) in [5, 5.41) is 1.41. The van der Waals surface area contributed by atoms with Crippen LogP contribution < -0.4 is 0 Å². The number of thioether (sulfide) groups is 1. The topological polar surface area (TPSA) is 4.93 Å². The van der Waals surface area contributed by atoms with E-state index >= 15 is 0 Å². The van der Waals surface area contributed by atoms with Crippen LogP contribution in [0.25, 0.3) is 22.6 Å². The number of aromatic nitrogens is 1. The highest BCUT2D eigenvalue weighted by Gasteiger charge is 2.45. The fourth-order valence-corrected chi connectivity index (χ4v) is 6.60. The zero-order valence-electron chi connectivity index (χ0n) is 16.7. The van der Waals surface area contributed by atoms with E-state index in [1.54, 1.807) is 0 Å². The molecule has 2 aliphatic rings. The Morgan fingerprint density at radius 3 is 2.45 bits per heavy atom. The fourth-order valence-electron chi connectivity index (χ4n) is 5.22. The van der Waals surface area contributed by atoms with Crippen molar-refractivity contribution in [3.05, 3.63) is 101 Å². The number of benzene rings is 3. The molecule has 1 unspecified atom stereocenters. The zero-order chi connectivity index (χ0) is 19.6. The lowest BCUT2D eigenvalue weighted by atomic mass is 9.81. The van der Waals surface area contributed by atoms with Crippen molar-refractivity contribution in [2.75, 3.05) is 0 Å². The monoisotopic (exact) mass is 393 g/mol. The lowest BCUT2D eigenvalue weighted by Gasteiger charge is -2.39. The van der Waals surface area contributed by atoms with Crippen molar-refractivity contribution >= 4 is 34.3 Å². The van der Waals surface area contributed by atoms with Gasteiger partial charge >= 0.3 is 0 Å². The first-order valence-corrected chi connectivity index (χ1v) is 11.1. The molecule has 2 heteroatoms. The van der Waals surface area contributed by atoms with Crippen molar-refractivity contribution in [3.63, 3.8) is 0 Å². The molecule has 1 atom stereocenters. The lowest BCUT2D eigenvalue weighted by molar-refractivity contribution is 0.645. The number of para-hydroxylation sites is 1. The van der Waals surface area contributed by atoms with E-state index < -0.39 is 0 Å². The first-order valence-electron chi connectivity index (χ1n) is 10.3. The summed E-state index contributed by atoms with van der Waals surface area (Å²) in [6.45, 7) is 5.72. The molecule has 0 fully saturated rings. The second kappa shape index (κ2) is 6.14. The van der Waals surface area contributed by atoms with E-state index in [1.807, 2.05) is 11.8 Å². The van der Waals surface area contributed by atoms with Crippen molar-refractivity contribution < 1.29 is 0 Å². The molecule has 4 aromatic rings. The van der Waals surface area contributed by atoms with Crippen LogP contribution in [0.5, 0.6) is 0 Å². The maximum absolute atomic E-state index is 2.52. The smallest absolute Gasteiger partial charge is 0.0491 e. The third-order valence-corrected chi connectivity index (χ3v) is 7.73. The van der Waals surface area contributed by atoms with Gasteiger partial charge in [0.05, 0.1) is 0 Å². The van der Waals surface area contributed by atoms with Gasteiger partial charge in [-0.3, -0.25) is 0 Å². The largest absolute Gasteiger partial charge is 0.336 e. The van der Waals surface area contributed by atoms with E-state index in [0.717, 1.165) is 6.54 Å². The fraction of sp³-hybridized carbons (Fsp3) is 0.185. The van der Waals surface area contributed by atoms with Crippen LogP contribution in [0.2, 0.25) is 0 Å². The summed E-state index contributed by atoms with van der Waals surface area (Å²) >= 11 is 2.03. The average Bonchev–Trinajstić information content (AvgIpc) is 3.26. The third-order valence-electron chi connectivity index (χ3n) is 6.39. The van der Waals surface area contributed by atoms with Crippen molar-refractivity contribution in [1.82, 2.24) is 4.57 Å². The van der Waals surface area contributed by atoms with Crippen LogP contribution in [0.1, 0.15) is 42.1 Å². The van der Waals surface area contributed by atoms with Crippen molar-refractivity contribution in [2.45, 2.75) is 36.0 Å². The van der Waals surface area contributed by atoms with E-state index in [-0.39, 0.29) is 4.75 Å². The van der Waals surface area contributed by atoms with E-state index in [9.17, 15) is 0 Å². The standard InChI is InChI=1S/C27H23NS/c1-27(2)26-21(19-12-7-9-15-24(19)29-27)16-23-25(26)20-13-6-8-14-22(20)28(23)17-18-10-4-3-5-11-18/h3-16,26H,17H2,1-2H3. The molecule has 2 heterocycles. The number of nitrogens with zero attached hydrogens (tertiary/aromatic N) is 1. The molecule has 29 heavy (non-hydrogen) atoms. The summed E-state index contributed by atoms with van der Waals surface area (Å²) in [5.41, 5.74) is 8.49. The minimum absolute atomic E-state index is 0.118. The molecule has 0 N–H and O–H groups in total. The average molecular weight is 394 g/mol. The van der Waals surface area contributed by atoms with Gasteiger partial charge in [-0.05, 0) is 54.3 Å². The number of rotatable bonds is 2. The number of hydrogen-bond donors (Lipinski definition) is 0. The van der Waals surface area contributed by atoms with Gasteiger partial charge in [-0.1, -0.05) is 66.7 Å². The summed E-state index contributed by atoms with van der Waals surface area (Å²) in [5.74, 6) is 0.416. The van der Waals surface area contributed by atoms with Gasteiger partial charge in [0.1, 0.15) is 0 Å². The quantitative estimate of drug-likeness (QED) is 0.348. The molecule has 1 aromatic heterocycles. The highest BCUT2D eigenvalue weighted by atomic mass is 32.2. The normalized spacial score (nSPS) is 18.8. The summed E-state index contributed by atoms with van der Waals surface area (Å²) in [6.07, 6.45) is 2.48. The molecule has 1 aliphatic heterocycles. The Bertz CT molecular complexity index is 1280. The zero-order valence-corrected chi connectivity index (χ0v) is 17.5. The van der Waals surface area contributed by atoms with Gasteiger partial charge in [0, 0.05) is 38.7 Å². The highest BCUT2D eigenvalue weighted by molar-refractivity contribution is 8.00. The molecule has 0 saturated heterocycles. The van der Waals surface area contributed by atoms with Crippen LogP contribution in [0.3, 0.4) is 0 Å². The number of allylic oxidation sites excluding steroid dienone is 1. The first kappa shape index (κ1) is 17.2. The van der Waals surface area contributed by atoms with Crippen LogP contribution >= 0.6 is 11.8 Å². The minimum atomic E-state index is 0.118. The van der Waals surface area contributed by atoms with Crippen LogP contribution in [0, 0.1) is 0 Å². The van der Waals surface area contributed by atoms with E-state index in [2.05, 4.69) is 103 Å². The SMILES string of the molecule is CC1(C)Sc2ccccc2C2=Cc3c(c4ccccc4n3Cc3ccccc3)C21. The van der Waals surface area contributed by atoms with Gasteiger partial charge in [-0.2, -0.15) is 0 Å². The Labute approximate surface area is 176 Å². The van der Waals surface area contributed by atoms with E-state index in [1.165, 1.54) is 43.8 Å². The van der Waals surface area contributed by atoms with Crippen LogP contribution in [0.15, 0.2) is 83.8 Å². The molecule has 0 bridgehead atoms. The summed E-state index contributed by atoms with van der Waals surface area (Å²) in [7, 11) is 0. The molecule has 0 radical (unpaired) electrons. The van der Waals surface area contributed by atoms with Gasteiger partial charge in [0.15, 0.2) is 0 Å². The molecule has 1 aliphatic carbocycles. The molecule has 0 spiro atoms. The van der Waals surface area contributed by atoms with Gasteiger partial charge in [-0.25, -0.2) is 0 Å². The Morgan fingerprint density at radius 1 is 0.862 bits per heavy atom. The van der Waals surface area contributed by atoms with Crippen molar-refractivity contribution in [1.29, 1.82) is 0 Å². The number of fused-ring (bicyclic) bond motifs is 7. The Morgan fingerprint density at radius 2 is 1.59 bits per heavy atom. The maximum atomic E-state index is 2.52.